The molecule has 0 aromatic heterocycles. The van der Waals surface area contributed by atoms with Crippen molar-refractivity contribution in [2.24, 2.45) is 11.8 Å². The fourth-order valence-corrected chi connectivity index (χ4v) is 4.17. The van der Waals surface area contributed by atoms with Gasteiger partial charge in [0.1, 0.15) is 5.75 Å². The number of ether oxygens (including phenoxy) is 1. The van der Waals surface area contributed by atoms with Crippen molar-refractivity contribution >= 4 is 35.1 Å². The van der Waals surface area contributed by atoms with Gasteiger partial charge in [-0.3, -0.25) is 14.4 Å². The minimum Gasteiger partial charge on any atom is -0.495 e. The lowest BCUT2D eigenvalue weighted by molar-refractivity contribution is -0.150. The van der Waals surface area contributed by atoms with Crippen LogP contribution in [-0.4, -0.2) is 54.0 Å². The van der Waals surface area contributed by atoms with Crippen LogP contribution in [0.4, 0.5) is 5.69 Å². The number of carboxylic acid groups (broad SMARTS) is 1. The number of amides is 2. The zero-order chi connectivity index (χ0) is 19.7. The molecular weight excluding hydrogens is 372 g/mol. The summed E-state index contributed by atoms with van der Waals surface area (Å²) in [7, 11) is 1.51. The van der Waals surface area contributed by atoms with Gasteiger partial charge in [0.05, 0.1) is 24.6 Å². The Kier molecular flexibility index (Phi) is 5.60. The van der Waals surface area contributed by atoms with E-state index in [9.17, 15) is 19.5 Å². The first-order valence-electron chi connectivity index (χ1n) is 9.00. The van der Waals surface area contributed by atoms with Crippen LogP contribution in [-0.2, 0) is 14.4 Å². The molecule has 2 saturated heterocycles. The van der Waals surface area contributed by atoms with Crippen LogP contribution in [0.25, 0.3) is 0 Å². The summed E-state index contributed by atoms with van der Waals surface area (Å²) in [4.78, 5) is 40.2. The minimum absolute atomic E-state index is 0.0927. The Bertz CT molecular complexity index is 768. The third kappa shape index (κ3) is 3.74. The number of hydrogen-bond acceptors (Lipinski definition) is 4. The van der Waals surface area contributed by atoms with Gasteiger partial charge in [0.2, 0.25) is 11.8 Å². The maximum Gasteiger partial charge on any atom is 0.308 e. The first kappa shape index (κ1) is 19.5. The van der Waals surface area contributed by atoms with Crippen molar-refractivity contribution in [1.82, 2.24) is 4.90 Å². The van der Waals surface area contributed by atoms with E-state index in [0.29, 0.717) is 35.8 Å². The number of anilines is 1. The van der Waals surface area contributed by atoms with Gasteiger partial charge in [-0.05, 0) is 38.0 Å². The fraction of sp³-hybridized carbons (Fsp3) is 0.526. The van der Waals surface area contributed by atoms with Crippen molar-refractivity contribution in [1.29, 1.82) is 0 Å². The highest BCUT2D eigenvalue weighted by atomic mass is 35.5. The van der Waals surface area contributed by atoms with Crippen LogP contribution < -0.4 is 9.64 Å². The van der Waals surface area contributed by atoms with Gasteiger partial charge in [-0.25, -0.2) is 0 Å². The van der Waals surface area contributed by atoms with Gasteiger partial charge in [0.15, 0.2) is 0 Å². The molecule has 1 unspecified atom stereocenters. The number of benzene rings is 1. The monoisotopic (exact) mass is 394 g/mol. The van der Waals surface area contributed by atoms with E-state index in [1.165, 1.54) is 12.0 Å². The van der Waals surface area contributed by atoms with Gasteiger partial charge in [-0.15, -0.1) is 0 Å². The van der Waals surface area contributed by atoms with Crippen molar-refractivity contribution in [3.8, 4) is 5.75 Å². The molecule has 0 spiro atoms. The summed E-state index contributed by atoms with van der Waals surface area (Å²) in [5, 5.41) is 9.84. The Morgan fingerprint density at radius 1 is 1.33 bits per heavy atom. The molecular formula is C19H23ClN2O5. The second kappa shape index (κ2) is 7.76. The van der Waals surface area contributed by atoms with E-state index < -0.39 is 17.8 Å². The van der Waals surface area contributed by atoms with Gasteiger partial charge < -0.3 is 19.6 Å². The Balaban J connectivity index is 1.78. The Hall–Kier alpha value is -2.28. The predicted molar refractivity (Wildman–Crippen MR) is 100.0 cm³/mol. The van der Waals surface area contributed by atoms with Crippen molar-refractivity contribution in [2.75, 3.05) is 25.1 Å². The zero-order valence-electron chi connectivity index (χ0n) is 15.4. The third-order valence-electron chi connectivity index (χ3n) is 5.49. The molecule has 2 fully saturated rings. The number of nitrogens with zero attached hydrogens (tertiary/aromatic N) is 2. The number of methoxy groups -OCH3 is 1. The van der Waals surface area contributed by atoms with Crippen molar-refractivity contribution in [3.63, 3.8) is 0 Å². The molecule has 2 aliphatic rings. The minimum atomic E-state index is -0.882. The highest BCUT2D eigenvalue weighted by Crippen LogP contribution is 2.36. The fourth-order valence-electron chi connectivity index (χ4n) is 4.00. The molecule has 8 heteroatoms. The van der Waals surface area contributed by atoms with Crippen molar-refractivity contribution in [2.45, 2.75) is 32.2 Å². The number of carboxylic acids is 1. The van der Waals surface area contributed by atoms with Crippen LogP contribution in [0.1, 0.15) is 26.2 Å². The summed E-state index contributed by atoms with van der Waals surface area (Å²) >= 11 is 6.06. The standard InChI is InChI=1S/C19H23ClN2O5/c1-11-14(19(25)26)4-3-7-21(11)18(24)12-8-17(23)22(10-12)15-9-13(20)5-6-16(15)27-2/h5-6,9,11-12,14H,3-4,7-8,10H2,1-2H3,(H,25,26)/t11-,12?,14-/m0/s1. The maximum absolute atomic E-state index is 13.0. The van der Waals surface area contributed by atoms with Crippen LogP contribution in [0.3, 0.4) is 0 Å². The second-order valence-corrected chi connectivity index (χ2v) is 7.52. The van der Waals surface area contributed by atoms with Gasteiger partial charge in [0, 0.05) is 30.6 Å². The molecule has 1 N–H and O–H groups in total. The van der Waals surface area contributed by atoms with Crippen molar-refractivity contribution < 1.29 is 24.2 Å². The van der Waals surface area contributed by atoms with Gasteiger partial charge in [-0.2, -0.15) is 0 Å². The molecule has 2 aliphatic heterocycles. The molecule has 1 aromatic rings. The Labute approximate surface area is 162 Å². The van der Waals surface area contributed by atoms with E-state index in [2.05, 4.69) is 0 Å². The average Bonchev–Trinajstić information content (AvgIpc) is 3.02. The zero-order valence-corrected chi connectivity index (χ0v) is 16.1. The first-order valence-corrected chi connectivity index (χ1v) is 9.38. The molecule has 3 atom stereocenters. The molecule has 2 heterocycles. The predicted octanol–water partition coefficient (Wildman–Crippen LogP) is 2.41. The molecule has 27 heavy (non-hydrogen) atoms. The topological polar surface area (TPSA) is 87.2 Å². The second-order valence-electron chi connectivity index (χ2n) is 7.08. The van der Waals surface area contributed by atoms with E-state index in [1.54, 1.807) is 30.0 Å². The van der Waals surface area contributed by atoms with E-state index in [-0.39, 0.29) is 30.8 Å². The SMILES string of the molecule is COc1ccc(Cl)cc1N1CC(C(=O)N2CCC[C@H](C(=O)O)[C@@H]2C)CC1=O. The van der Waals surface area contributed by atoms with E-state index in [4.69, 9.17) is 16.3 Å². The quantitative estimate of drug-likeness (QED) is 0.847. The lowest BCUT2D eigenvalue weighted by Crippen LogP contribution is -2.51. The summed E-state index contributed by atoms with van der Waals surface area (Å²) in [6.45, 7) is 2.52. The maximum atomic E-state index is 13.0. The lowest BCUT2D eigenvalue weighted by atomic mass is 9.89. The number of aliphatic carboxylic acids is 1. The highest BCUT2D eigenvalue weighted by Gasteiger charge is 2.42. The summed E-state index contributed by atoms with van der Waals surface area (Å²) in [5.74, 6) is -1.77. The number of piperidine rings is 1. The molecule has 146 valence electrons. The van der Waals surface area contributed by atoms with E-state index in [0.717, 1.165) is 0 Å². The molecule has 0 radical (unpaired) electrons. The lowest BCUT2D eigenvalue weighted by Gasteiger charge is -2.38. The molecule has 1 aromatic carbocycles. The van der Waals surface area contributed by atoms with Crippen LogP contribution >= 0.6 is 11.6 Å². The number of carbonyl (C=O) groups excluding carboxylic acids is 2. The number of halogens is 1. The number of hydrogen-bond donors (Lipinski definition) is 1. The molecule has 0 aliphatic carbocycles. The van der Waals surface area contributed by atoms with Gasteiger partial charge in [-0.1, -0.05) is 11.6 Å². The van der Waals surface area contributed by atoms with Crippen LogP contribution in [0.5, 0.6) is 5.75 Å². The van der Waals surface area contributed by atoms with Crippen molar-refractivity contribution in [3.05, 3.63) is 23.2 Å². The summed E-state index contributed by atoms with van der Waals surface area (Å²) in [5.41, 5.74) is 0.542. The number of rotatable bonds is 4. The van der Waals surface area contributed by atoms with Crippen LogP contribution in [0, 0.1) is 11.8 Å². The van der Waals surface area contributed by atoms with E-state index in [1.807, 2.05) is 0 Å². The molecule has 2 amide bonds. The first-order chi connectivity index (χ1) is 12.8. The largest absolute Gasteiger partial charge is 0.495 e. The Morgan fingerprint density at radius 3 is 2.74 bits per heavy atom. The Morgan fingerprint density at radius 2 is 2.07 bits per heavy atom. The number of likely N-dealkylation sites (tertiary alicyclic amines) is 1. The van der Waals surface area contributed by atoms with E-state index >= 15 is 0 Å². The third-order valence-corrected chi connectivity index (χ3v) is 5.73. The summed E-state index contributed by atoms with van der Waals surface area (Å²) in [6, 6.07) is 4.63. The van der Waals surface area contributed by atoms with Gasteiger partial charge in [0.25, 0.3) is 0 Å². The average molecular weight is 395 g/mol. The van der Waals surface area contributed by atoms with Crippen LogP contribution in [0.2, 0.25) is 5.02 Å². The van der Waals surface area contributed by atoms with Crippen LogP contribution in [0.15, 0.2) is 18.2 Å². The molecule has 3 rings (SSSR count). The highest BCUT2D eigenvalue weighted by molar-refractivity contribution is 6.31. The molecule has 7 nitrogen and oxygen atoms in total. The molecule has 0 bridgehead atoms. The molecule has 0 saturated carbocycles. The summed E-state index contributed by atoms with van der Waals surface area (Å²) in [6.07, 6.45) is 1.31. The summed E-state index contributed by atoms with van der Waals surface area (Å²) < 4.78 is 5.32. The number of carbonyl (C=O) groups is 3. The normalized spacial score (nSPS) is 25.6. The van der Waals surface area contributed by atoms with Gasteiger partial charge >= 0.3 is 5.97 Å². The smallest absolute Gasteiger partial charge is 0.308 e.